The first-order chi connectivity index (χ1) is 12.6. The van der Waals surface area contributed by atoms with E-state index in [0.29, 0.717) is 28.0 Å². The molecule has 0 saturated carbocycles. The van der Waals surface area contributed by atoms with Gasteiger partial charge < -0.3 is 10.1 Å². The number of halogens is 1. The summed E-state index contributed by atoms with van der Waals surface area (Å²) in [4.78, 5) is 16.4. The molecule has 134 valence electrons. The standard InChI is InChI=1S/C17H16ClN5O2S/c1-25-15-7-2-11(9-20-15)8-19-14(24)10-23-16(21-22-17(23)26)12-3-5-13(18)6-4-12/h2-7,9H,8,10H2,1H3,(H,19,24)(H,22,26). The second-order valence-electron chi connectivity index (χ2n) is 5.43. The highest BCUT2D eigenvalue weighted by Crippen LogP contribution is 2.19. The molecule has 0 atom stereocenters. The lowest BCUT2D eigenvalue weighted by Gasteiger charge is -2.09. The normalized spacial score (nSPS) is 10.5. The van der Waals surface area contributed by atoms with Crippen molar-refractivity contribution in [2.75, 3.05) is 7.11 Å². The number of nitrogens with one attached hydrogen (secondary N) is 2. The Morgan fingerprint density at radius 3 is 2.73 bits per heavy atom. The van der Waals surface area contributed by atoms with E-state index >= 15 is 0 Å². The molecule has 2 N–H and O–H groups in total. The zero-order valence-electron chi connectivity index (χ0n) is 13.9. The highest BCUT2D eigenvalue weighted by Gasteiger charge is 2.12. The molecule has 0 aliphatic heterocycles. The number of rotatable bonds is 6. The number of ether oxygens (including phenoxy) is 1. The zero-order valence-corrected chi connectivity index (χ0v) is 15.5. The van der Waals surface area contributed by atoms with Crippen molar-refractivity contribution < 1.29 is 9.53 Å². The minimum Gasteiger partial charge on any atom is -0.481 e. The van der Waals surface area contributed by atoms with Crippen molar-refractivity contribution in [1.82, 2.24) is 25.1 Å². The largest absolute Gasteiger partial charge is 0.481 e. The summed E-state index contributed by atoms with van der Waals surface area (Å²) < 4.78 is 7.02. The number of carbonyl (C=O) groups is 1. The van der Waals surface area contributed by atoms with Crippen molar-refractivity contribution in [3.63, 3.8) is 0 Å². The molecule has 7 nitrogen and oxygen atoms in total. The number of benzene rings is 1. The maximum absolute atomic E-state index is 12.3. The van der Waals surface area contributed by atoms with Crippen LogP contribution in [0.25, 0.3) is 11.4 Å². The molecule has 0 spiro atoms. The van der Waals surface area contributed by atoms with Crippen molar-refractivity contribution in [3.8, 4) is 17.3 Å². The molecular weight excluding hydrogens is 374 g/mol. The van der Waals surface area contributed by atoms with Crippen molar-refractivity contribution in [2.45, 2.75) is 13.1 Å². The van der Waals surface area contributed by atoms with Crippen LogP contribution in [0.5, 0.6) is 5.88 Å². The van der Waals surface area contributed by atoms with Crippen LogP contribution in [0.3, 0.4) is 0 Å². The van der Waals surface area contributed by atoms with Gasteiger partial charge in [-0.05, 0) is 42.0 Å². The van der Waals surface area contributed by atoms with Gasteiger partial charge in [0.15, 0.2) is 10.6 Å². The van der Waals surface area contributed by atoms with Gasteiger partial charge in [0.2, 0.25) is 11.8 Å². The number of amides is 1. The topological polar surface area (TPSA) is 84.8 Å². The van der Waals surface area contributed by atoms with E-state index in [2.05, 4.69) is 20.5 Å². The number of nitrogens with zero attached hydrogens (tertiary/aromatic N) is 3. The minimum absolute atomic E-state index is 0.0525. The van der Waals surface area contributed by atoms with Gasteiger partial charge in [-0.25, -0.2) is 4.98 Å². The molecule has 3 aromatic rings. The highest BCUT2D eigenvalue weighted by molar-refractivity contribution is 7.71. The van der Waals surface area contributed by atoms with Crippen LogP contribution in [0.1, 0.15) is 5.56 Å². The van der Waals surface area contributed by atoms with Gasteiger partial charge in [-0.2, -0.15) is 5.10 Å². The summed E-state index contributed by atoms with van der Waals surface area (Å²) >= 11 is 11.2. The number of aromatic nitrogens is 4. The Labute approximate surface area is 160 Å². The van der Waals surface area contributed by atoms with E-state index < -0.39 is 0 Å². The summed E-state index contributed by atoms with van der Waals surface area (Å²) in [5.41, 5.74) is 1.68. The smallest absolute Gasteiger partial charge is 0.240 e. The third kappa shape index (κ3) is 4.27. The summed E-state index contributed by atoms with van der Waals surface area (Å²) in [6, 6.07) is 10.8. The zero-order chi connectivity index (χ0) is 18.5. The summed E-state index contributed by atoms with van der Waals surface area (Å²) in [7, 11) is 1.55. The van der Waals surface area contributed by atoms with Gasteiger partial charge in [0, 0.05) is 29.4 Å². The van der Waals surface area contributed by atoms with Gasteiger partial charge in [0.25, 0.3) is 0 Å². The molecular formula is C17H16ClN5O2S. The second-order valence-corrected chi connectivity index (χ2v) is 6.25. The van der Waals surface area contributed by atoms with E-state index in [4.69, 9.17) is 28.6 Å². The van der Waals surface area contributed by atoms with Crippen molar-refractivity contribution in [3.05, 3.63) is 58.0 Å². The van der Waals surface area contributed by atoms with Crippen LogP contribution in [0.15, 0.2) is 42.6 Å². The van der Waals surface area contributed by atoms with Crippen LogP contribution < -0.4 is 10.1 Å². The summed E-state index contributed by atoms with van der Waals surface area (Å²) in [5.74, 6) is 0.916. The first-order valence-corrected chi connectivity index (χ1v) is 8.52. The van der Waals surface area contributed by atoms with Crippen LogP contribution >= 0.6 is 23.8 Å². The highest BCUT2D eigenvalue weighted by atomic mass is 35.5. The minimum atomic E-state index is -0.187. The fraction of sp³-hybridized carbons (Fsp3) is 0.176. The number of hydrogen-bond acceptors (Lipinski definition) is 5. The first-order valence-electron chi connectivity index (χ1n) is 7.73. The van der Waals surface area contributed by atoms with Gasteiger partial charge in [0.1, 0.15) is 6.54 Å². The molecule has 1 amide bonds. The molecule has 0 aliphatic carbocycles. The number of H-pyrrole nitrogens is 1. The molecule has 9 heteroatoms. The molecule has 26 heavy (non-hydrogen) atoms. The van der Waals surface area contributed by atoms with E-state index in [1.807, 2.05) is 18.2 Å². The third-order valence-corrected chi connectivity index (χ3v) is 4.22. The van der Waals surface area contributed by atoms with E-state index in [9.17, 15) is 4.79 Å². The molecule has 0 fully saturated rings. The second kappa shape index (κ2) is 8.11. The molecule has 0 aliphatic rings. The SMILES string of the molecule is COc1ccc(CNC(=O)Cn2c(-c3ccc(Cl)cc3)n[nH]c2=S)cn1. The predicted octanol–water partition coefficient (Wildman–Crippen LogP) is 2.98. The molecule has 0 radical (unpaired) electrons. The van der Waals surface area contributed by atoms with Gasteiger partial charge in [-0.15, -0.1) is 0 Å². The maximum atomic E-state index is 12.3. The lowest BCUT2D eigenvalue weighted by Crippen LogP contribution is -2.27. The average Bonchev–Trinajstić information content (AvgIpc) is 3.01. The lowest BCUT2D eigenvalue weighted by molar-refractivity contribution is -0.121. The molecule has 2 aromatic heterocycles. The van der Waals surface area contributed by atoms with Crippen molar-refractivity contribution in [2.24, 2.45) is 0 Å². The predicted molar refractivity (Wildman–Crippen MR) is 100 cm³/mol. The monoisotopic (exact) mass is 389 g/mol. The quantitative estimate of drug-likeness (QED) is 0.633. The van der Waals surface area contributed by atoms with Crippen LogP contribution in [0.4, 0.5) is 0 Å². The fourth-order valence-corrected chi connectivity index (χ4v) is 2.64. The molecule has 0 saturated heterocycles. The Kier molecular flexibility index (Phi) is 5.65. The number of aromatic amines is 1. The number of methoxy groups -OCH3 is 1. The number of hydrogen-bond donors (Lipinski definition) is 2. The van der Waals surface area contributed by atoms with Crippen LogP contribution in [-0.4, -0.2) is 32.8 Å². The van der Waals surface area contributed by atoms with Gasteiger partial charge in [0.05, 0.1) is 7.11 Å². The maximum Gasteiger partial charge on any atom is 0.240 e. The van der Waals surface area contributed by atoms with Gasteiger partial charge in [-0.1, -0.05) is 17.7 Å². The summed E-state index contributed by atoms with van der Waals surface area (Å²) in [6.45, 7) is 0.411. The van der Waals surface area contributed by atoms with Crippen LogP contribution in [0.2, 0.25) is 5.02 Å². The molecule has 0 bridgehead atoms. The molecule has 1 aromatic carbocycles. The van der Waals surface area contributed by atoms with E-state index in [1.165, 1.54) is 0 Å². The first kappa shape index (κ1) is 18.1. The average molecular weight is 390 g/mol. The van der Waals surface area contributed by atoms with Crippen LogP contribution in [0, 0.1) is 4.77 Å². The van der Waals surface area contributed by atoms with Crippen molar-refractivity contribution >= 4 is 29.7 Å². The number of pyridine rings is 1. The lowest BCUT2D eigenvalue weighted by atomic mass is 10.2. The van der Waals surface area contributed by atoms with Gasteiger partial charge in [-0.3, -0.25) is 14.5 Å². The van der Waals surface area contributed by atoms with E-state index in [0.717, 1.165) is 11.1 Å². The summed E-state index contributed by atoms with van der Waals surface area (Å²) in [6.07, 6.45) is 1.65. The molecule has 3 rings (SSSR count). The van der Waals surface area contributed by atoms with E-state index in [-0.39, 0.29) is 12.5 Å². The Morgan fingerprint density at radius 1 is 1.31 bits per heavy atom. The fourth-order valence-electron chi connectivity index (χ4n) is 2.32. The Bertz CT molecular complexity index is 951. The Balaban J connectivity index is 1.68. The number of carbonyl (C=O) groups excluding carboxylic acids is 1. The van der Waals surface area contributed by atoms with E-state index in [1.54, 1.807) is 36.1 Å². The molecule has 2 heterocycles. The third-order valence-electron chi connectivity index (χ3n) is 3.66. The summed E-state index contributed by atoms with van der Waals surface area (Å²) in [5, 5.41) is 10.4. The Hall–Kier alpha value is -2.71. The van der Waals surface area contributed by atoms with Crippen LogP contribution in [-0.2, 0) is 17.9 Å². The van der Waals surface area contributed by atoms with Gasteiger partial charge >= 0.3 is 0 Å². The molecule has 0 unspecified atom stereocenters. The Morgan fingerprint density at radius 2 is 2.08 bits per heavy atom. The van der Waals surface area contributed by atoms with Crippen molar-refractivity contribution in [1.29, 1.82) is 0 Å².